The SMILES string of the molecule is CC/C=C\C/C=C\C/C=C\C/C=C\C/C=C\C/C=C\C/C=C\C/C=C\C/C=C\CCCCCCCCCCCCCCCC(=O)NC(COP(=O)(O)OCC[N+](C)(C)C)C(O)/C=C/CCCCCCCCCCCCC. The summed E-state index contributed by atoms with van der Waals surface area (Å²) < 4.78 is 23.7. The van der Waals surface area contributed by atoms with Gasteiger partial charge < -0.3 is 19.8 Å². The molecule has 0 rings (SSSR count). The zero-order valence-corrected chi connectivity index (χ0v) is 50.6. The lowest BCUT2D eigenvalue weighted by molar-refractivity contribution is -0.870. The minimum Gasteiger partial charge on any atom is -0.387 e. The van der Waals surface area contributed by atoms with E-state index in [1.54, 1.807) is 6.08 Å². The lowest BCUT2D eigenvalue weighted by Crippen LogP contribution is -2.45. The number of hydrogen-bond acceptors (Lipinski definition) is 5. The van der Waals surface area contributed by atoms with Crippen LogP contribution in [-0.2, 0) is 18.4 Å². The van der Waals surface area contributed by atoms with Crippen LogP contribution in [0.1, 0.15) is 245 Å². The van der Waals surface area contributed by atoms with Crippen molar-refractivity contribution in [1.29, 1.82) is 0 Å². The molecule has 0 fully saturated rings. The second-order valence-electron chi connectivity index (χ2n) is 21.7. The van der Waals surface area contributed by atoms with Crippen LogP contribution in [0.25, 0.3) is 0 Å². The molecule has 0 saturated heterocycles. The number of rotatable bonds is 55. The zero-order chi connectivity index (χ0) is 55.6. The lowest BCUT2D eigenvalue weighted by Gasteiger charge is -2.25. The van der Waals surface area contributed by atoms with Crippen molar-refractivity contribution in [1.82, 2.24) is 5.32 Å². The molecule has 8 nitrogen and oxygen atoms in total. The molecule has 0 aromatic rings. The Bertz CT molecular complexity index is 1650. The highest BCUT2D eigenvalue weighted by atomic mass is 31.2. The van der Waals surface area contributed by atoms with E-state index in [1.807, 2.05) is 27.2 Å². The minimum absolute atomic E-state index is 0.0572. The van der Waals surface area contributed by atoms with E-state index in [0.29, 0.717) is 17.4 Å². The number of aliphatic hydroxyl groups is 1. The van der Waals surface area contributed by atoms with Gasteiger partial charge in [0.2, 0.25) is 5.91 Å². The summed E-state index contributed by atoms with van der Waals surface area (Å²) >= 11 is 0. The van der Waals surface area contributed by atoms with Crippen LogP contribution in [0.5, 0.6) is 0 Å². The standard InChI is InChI=1S/C67H117N2O6P/c1-6-8-10-12-14-16-18-20-21-22-23-24-25-26-27-28-29-30-31-32-33-34-35-36-37-38-39-40-41-42-43-44-45-46-47-49-51-53-55-57-59-61-67(71)68-65(64-75-76(72,73)74-63-62-69(3,4)5)66(70)60-58-56-54-52-50-48-19-17-15-13-11-9-7-2/h8,10,14,16,20-21,23-24,26-27,29-30,32-33,35-36,38-39,58,60,65-66,70H,6-7,9,11-13,15,17-19,22,25,28,31,34,37,40-57,59,61-64H2,1-5H3,(H-,68,71,72,73)/p+1/b10-8-,16-14-,21-20-,24-23-,27-26-,30-29-,33-32-,36-35-,39-38-,60-58+. The monoisotopic (exact) mass is 1080 g/mol. The first-order chi connectivity index (χ1) is 37.0. The van der Waals surface area contributed by atoms with Gasteiger partial charge >= 0.3 is 7.82 Å². The summed E-state index contributed by atoms with van der Waals surface area (Å²) in [6, 6.07) is -0.853. The van der Waals surface area contributed by atoms with E-state index in [2.05, 4.69) is 129 Å². The number of allylic oxidation sites excluding steroid dienone is 19. The van der Waals surface area contributed by atoms with E-state index in [4.69, 9.17) is 9.05 Å². The molecule has 0 aliphatic rings. The number of aliphatic hydroxyl groups excluding tert-OH is 1. The molecule has 0 aliphatic carbocycles. The highest BCUT2D eigenvalue weighted by molar-refractivity contribution is 7.47. The number of carbonyl (C=O) groups is 1. The predicted molar refractivity (Wildman–Crippen MR) is 332 cm³/mol. The van der Waals surface area contributed by atoms with Gasteiger partial charge in [0.1, 0.15) is 13.2 Å². The minimum atomic E-state index is -4.35. The molecule has 0 aromatic heterocycles. The van der Waals surface area contributed by atoms with E-state index in [-0.39, 0.29) is 19.1 Å². The van der Waals surface area contributed by atoms with Crippen LogP contribution in [0.2, 0.25) is 0 Å². The van der Waals surface area contributed by atoms with Crippen molar-refractivity contribution in [2.45, 2.75) is 257 Å². The van der Waals surface area contributed by atoms with Crippen LogP contribution in [0.4, 0.5) is 0 Å². The molecular weight excluding hydrogens is 960 g/mol. The molecule has 9 heteroatoms. The van der Waals surface area contributed by atoms with Crippen molar-refractivity contribution in [2.75, 3.05) is 40.9 Å². The van der Waals surface area contributed by atoms with Crippen LogP contribution in [0.3, 0.4) is 0 Å². The third-order valence-corrected chi connectivity index (χ3v) is 14.2. The predicted octanol–water partition coefficient (Wildman–Crippen LogP) is 19.3. The molecule has 3 N–H and O–H groups in total. The summed E-state index contributed by atoms with van der Waals surface area (Å²) in [5.74, 6) is -0.183. The molecule has 0 spiro atoms. The molecule has 1 amide bonds. The quantitative estimate of drug-likeness (QED) is 0.0243. The third-order valence-electron chi connectivity index (χ3n) is 13.2. The number of nitrogens with zero attached hydrogens (tertiary/aromatic N) is 1. The highest BCUT2D eigenvalue weighted by Gasteiger charge is 2.27. The fourth-order valence-electron chi connectivity index (χ4n) is 8.39. The summed E-state index contributed by atoms with van der Waals surface area (Å²) in [7, 11) is 1.56. The summed E-state index contributed by atoms with van der Waals surface area (Å²) in [5.41, 5.74) is 0. The van der Waals surface area contributed by atoms with Gasteiger partial charge in [0.25, 0.3) is 0 Å². The van der Waals surface area contributed by atoms with Crippen molar-refractivity contribution < 1.29 is 32.9 Å². The van der Waals surface area contributed by atoms with E-state index in [0.717, 1.165) is 96.3 Å². The number of quaternary nitrogens is 1. The van der Waals surface area contributed by atoms with Gasteiger partial charge in [0.15, 0.2) is 0 Å². The van der Waals surface area contributed by atoms with Gasteiger partial charge in [-0.15, -0.1) is 0 Å². The Morgan fingerprint density at radius 3 is 1.16 bits per heavy atom. The normalized spacial score (nSPS) is 14.7. The van der Waals surface area contributed by atoms with Crippen molar-refractivity contribution in [2.24, 2.45) is 0 Å². The molecule has 0 aliphatic heterocycles. The van der Waals surface area contributed by atoms with Gasteiger partial charge in [-0.1, -0.05) is 270 Å². The fourth-order valence-corrected chi connectivity index (χ4v) is 9.12. The van der Waals surface area contributed by atoms with Crippen LogP contribution >= 0.6 is 7.82 Å². The number of nitrogens with one attached hydrogen (secondary N) is 1. The summed E-state index contributed by atoms with van der Waals surface area (Å²) in [5, 5.41) is 13.9. The number of phosphoric acid groups is 1. The van der Waals surface area contributed by atoms with E-state index in [1.165, 1.54) is 128 Å². The highest BCUT2D eigenvalue weighted by Crippen LogP contribution is 2.43. The molecule has 0 bridgehead atoms. The molecule has 0 aromatic carbocycles. The number of carbonyl (C=O) groups excluding carboxylic acids is 1. The number of hydrogen-bond donors (Lipinski definition) is 3. The maximum Gasteiger partial charge on any atom is 0.472 e. The first kappa shape index (κ1) is 72.9. The average molecular weight is 1080 g/mol. The second-order valence-corrected chi connectivity index (χ2v) is 23.2. The number of unbranched alkanes of at least 4 members (excludes halogenated alkanes) is 24. The Morgan fingerprint density at radius 2 is 0.789 bits per heavy atom. The number of likely N-dealkylation sites (N-methyl/N-ethyl adjacent to an activating group) is 1. The molecule has 0 saturated carbocycles. The molecule has 436 valence electrons. The van der Waals surface area contributed by atoms with E-state index >= 15 is 0 Å². The van der Waals surface area contributed by atoms with Crippen LogP contribution < -0.4 is 5.32 Å². The van der Waals surface area contributed by atoms with Gasteiger partial charge in [-0.25, -0.2) is 4.57 Å². The largest absolute Gasteiger partial charge is 0.472 e. The molecule has 3 atom stereocenters. The van der Waals surface area contributed by atoms with Crippen molar-refractivity contribution in [3.63, 3.8) is 0 Å². The number of amides is 1. The van der Waals surface area contributed by atoms with E-state index in [9.17, 15) is 19.4 Å². The first-order valence-corrected chi connectivity index (χ1v) is 32.4. The van der Waals surface area contributed by atoms with Crippen molar-refractivity contribution in [3.05, 3.63) is 122 Å². The Morgan fingerprint density at radius 1 is 0.461 bits per heavy atom. The average Bonchev–Trinajstić information content (AvgIpc) is 3.38. The van der Waals surface area contributed by atoms with Gasteiger partial charge in [-0.05, 0) is 89.9 Å². The van der Waals surface area contributed by atoms with Crippen molar-refractivity contribution in [3.8, 4) is 0 Å². The second kappa shape index (κ2) is 56.6. The number of phosphoric ester groups is 1. The summed E-state index contributed by atoms with van der Waals surface area (Å²) in [4.78, 5) is 23.3. The molecule has 0 radical (unpaired) electrons. The Balaban J connectivity index is 4.02. The first-order valence-electron chi connectivity index (χ1n) is 30.9. The summed E-state index contributed by atoms with van der Waals surface area (Å²) in [6.07, 6.45) is 84.6. The third kappa shape index (κ3) is 58.6. The van der Waals surface area contributed by atoms with Gasteiger partial charge in [0.05, 0.1) is 39.9 Å². The maximum atomic E-state index is 13.0. The Kier molecular flexibility index (Phi) is 54.3. The maximum absolute atomic E-state index is 13.0. The van der Waals surface area contributed by atoms with Gasteiger partial charge in [0, 0.05) is 6.42 Å². The fraction of sp³-hybridized carbons (Fsp3) is 0.687. The molecule has 0 heterocycles. The molecular formula is C67H118N2O6P+. The Hall–Kier alpha value is -3.10. The molecule has 76 heavy (non-hydrogen) atoms. The van der Waals surface area contributed by atoms with Crippen molar-refractivity contribution >= 4 is 13.7 Å². The van der Waals surface area contributed by atoms with Crippen LogP contribution in [0.15, 0.2) is 122 Å². The molecule has 3 unspecified atom stereocenters. The van der Waals surface area contributed by atoms with Crippen LogP contribution in [0, 0.1) is 0 Å². The lowest BCUT2D eigenvalue weighted by atomic mass is 10.0. The Labute approximate surface area is 469 Å². The zero-order valence-electron chi connectivity index (χ0n) is 49.7. The van der Waals surface area contributed by atoms with Gasteiger partial charge in [-0.3, -0.25) is 13.8 Å². The van der Waals surface area contributed by atoms with Gasteiger partial charge in [-0.2, -0.15) is 0 Å². The van der Waals surface area contributed by atoms with Crippen LogP contribution in [-0.4, -0.2) is 73.4 Å². The summed E-state index contributed by atoms with van der Waals surface area (Å²) in [6.45, 7) is 4.69. The topological polar surface area (TPSA) is 105 Å². The smallest absolute Gasteiger partial charge is 0.387 e. The van der Waals surface area contributed by atoms with E-state index < -0.39 is 20.0 Å².